The summed E-state index contributed by atoms with van der Waals surface area (Å²) in [6.45, 7) is 1.14. The lowest BCUT2D eigenvalue weighted by Gasteiger charge is -2.47. The maximum absolute atomic E-state index is 12.7. The highest BCUT2D eigenvalue weighted by Gasteiger charge is 2.43. The van der Waals surface area contributed by atoms with Crippen LogP contribution in [0, 0.1) is 5.92 Å². The Morgan fingerprint density at radius 3 is 2.75 bits per heavy atom. The molecule has 2 bridgehead atoms. The number of para-hydroxylation sites is 2. The van der Waals surface area contributed by atoms with Crippen molar-refractivity contribution >= 4 is 17.4 Å². The molecule has 5 nitrogen and oxygen atoms in total. The van der Waals surface area contributed by atoms with E-state index in [1.54, 1.807) is 11.9 Å². The number of fused-ring (bicyclic) bond motifs is 2. The fourth-order valence-electron chi connectivity index (χ4n) is 4.65. The van der Waals surface area contributed by atoms with E-state index in [1.165, 1.54) is 19.3 Å². The molecule has 0 aromatic heterocycles. The normalized spacial score (nSPS) is 27.0. The third-order valence-corrected chi connectivity index (χ3v) is 6.46. The van der Waals surface area contributed by atoms with Crippen LogP contribution in [0.3, 0.4) is 0 Å². The van der Waals surface area contributed by atoms with E-state index in [4.69, 9.17) is 0 Å². The van der Waals surface area contributed by atoms with Crippen molar-refractivity contribution in [3.63, 3.8) is 0 Å². The summed E-state index contributed by atoms with van der Waals surface area (Å²) in [5.41, 5.74) is 1.65. The highest BCUT2D eigenvalue weighted by molar-refractivity contribution is 5.93. The number of likely N-dealkylation sites (N-methyl/N-ethyl adjacent to an activating group) is 1. The molecule has 0 radical (unpaired) electrons. The first-order valence-corrected chi connectivity index (χ1v) is 9.14. The first-order chi connectivity index (χ1) is 11.6. The average Bonchev–Trinajstić information content (AvgIpc) is 3.18. The van der Waals surface area contributed by atoms with E-state index in [0.29, 0.717) is 6.04 Å². The number of carbonyl (C=O) groups excluding carboxylic acids is 1. The van der Waals surface area contributed by atoms with Crippen molar-refractivity contribution in [3.8, 4) is 0 Å². The zero-order valence-corrected chi connectivity index (χ0v) is 14.4. The van der Waals surface area contributed by atoms with Crippen LogP contribution in [0.15, 0.2) is 24.3 Å². The molecule has 1 heterocycles. The Bertz CT molecular complexity index is 623. The minimum absolute atomic E-state index is 0.0362. The number of nitrogens with one attached hydrogen (secondary N) is 1. The van der Waals surface area contributed by atoms with Gasteiger partial charge < -0.3 is 20.2 Å². The van der Waals surface area contributed by atoms with Crippen LogP contribution in [0.5, 0.6) is 0 Å². The molecule has 24 heavy (non-hydrogen) atoms. The van der Waals surface area contributed by atoms with Crippen LogP contribution in [0.25, 0.3) is 0 Å². The van der Waals surface area contributed by atoms with Gasteiger partial charge in [0.2, 0.25) is 0 Å². The molecule has 2 amide bonds. The summed E-state index contributed by atoms with van der Waals surface area (Å²) in [5, 5.41) is 12.8. The van der Waals surface area contributed by atoms with Crippen LogP contribution in [0.2, 0.25) is 0 Å². The summed E-state index contributed by atoms with van der Waals surface area (Å²) in [6.07, 6.45) is 6.73. The van der Waals surface area contributed by atoms with E-state index in [0.717, 1.165) is 43.1 Å². The Kier molecular flexibility index (Phi) is 3.91. The molecular weight excluding hydrogens is 302 g/mol. The van der Waals surface area contributed by atoms with Gasteiger partial charge in [-0.25, -0.2) is 4.79 Å². The predicted octanol–water partition coefficient (Wildman–Crippen LogP) is 3.05. The number of hydrogen-bond donors (Lipinski definition) is 2. The van der Waals surface area contributed by atoms with E-state index in [9.17, 15) is 9.90 Å². The van der Waals surface area contributed by atoms with Crippen LogP contribution in [-0.4, -0.2) is 47.8 Å². The highest BCUT2D eigenvalue weighted by atomic mass is 16.3. The van der Waals surface area contributed by atoms with Gasteiger partial charge in [-0.15, -0.1) is 0 Å². The molecule has 1 saturated heterocycles. The molecule has 5 heteroatoms. The Balaban J connectivity index is 1.52. The molecule has 2 unspecified atom stereocenters. The lowest BCUT2D eigenvalue weighted by molar-refractivity contribution is 0.0153. The van der Waals surface area contributed by atoms with Gasteiger partial charge >= 0.3 is 6.03 Å². The molecule has 2 N–H and O–H groups in total. The number of rotatable bonds is 4. The summed E-state index contributed by atoms with van der Waals surface area (Å²) < 4.78 is 0. The lowest BCUT2D eigenvalue weighted by atomic mass is 9.76. The van der Waals surface area contributed by atoms with Gasteiger partial charge in [-0.1, -0.05) is 12.1 Å². The Hall–Kier alpha value is -1.75. The van der Waals surface area contributed by atoms with E-state index in [2.05, 4.69) is 16.3 Å². The third kappa shape index (κ3) is 2.46. The van der Waals surface area contributed by atoms with Crippen molar-refractivity contribution in [1.29, 1.82) is 0 Å². The average molecular weight is 329 g/mol. The quantitative estimate of drug-likeness (QED) is 0.893. The molecule has 2 aliphatic carbocycles. The van der Waals surface area contributed by atoms with Gasteiger partial charge in [0, 0.05) is 19.6 Å². The number of anilines is 2. The van der Waals surface area contributed by atoms with Gasteiger partial charge in [0.1, 0.15) is 0 Å². The Morgan fingerprint density at radius 1 is 1.38 bits per heavy atom. The summed E-state index contributed by atoms with van der Waals surface area (Å²) in [6, 6.07) is 8.61. The molecule has 130 valence electrons. The zero-order chi connectivity index (χ0) is 16.7. The van der Waals surface area contributed by atoms with Crippen molar-refractivity contribution < 1.29 is 9.90 Å². The second-order valence-corrected chi connectivity index (χ2v) is 7.73. The Morgan fingerprint density at radius 2 is 2.17 bits per heavy atom. The molecule has 2 saturated carbocycles. The topological polar surface area (TPSA) is 55.8 Å². The predicted molar refractivity (Wildman–Crippen MR) is 95.4 cm³/mol. The minimum Gasteiger partial charge on any atom is -0.394 e. The fraction of sp³-hybridized carbons (Fsp3) is 0.632. The van der Waals surface area contributed by atoms with E-state index in [-0.39, 0.29) is 18.2 Å². The highest BCUT2D eigenvalue weighted by Crippen LogP contribution is 2.43. The van der Waals surface area contributed by atoms with Crippen LogP contribution >= 0.6 is 0 Å². The molecule has 3 aliphatic rings. The van der Waals surface area contributed by atoms with Crippen LogP contribution in [0.1, 0.15) is 38.5 Å². The third-order valence-electron chi connectivity index (χ3n) is 6.46. The van der Waals surface area contributed by atoms with Crippen LogP contribution in [0.4, 0.5) is 16.2 Å². The van der Waals surface area contributed by atoms with Crippen molar-refractivity contribution in [3.05, 3.63) is 24.3 Å². The van der Waals surface area contributed by atoms with E-state index < -0.39 is 0 Å². The minimum atomic E-state index is -0.369. The number of piperidine rings is 1. The van der Waals surface area contributed by atoms with Crippen molar-refractivity contribution in [1.82, 2.24) is 4.90 Å². The monoisotopic (exact) mass is 329 g/mol. The van der Waals surface area contributed by atoms with Gasteiger partial charge in [0.05, 0.1) is 23.5 Å². The smallest absolute Gasteiger partial charge is 0.322 e. The standard InChI is InChI=1S/C19H27N3O2/c1-21(19(13-23)9-4-10-19)18(24)20-16-5-2-3-6-17(16)22-12-14-7-8-15(22)11-14/h2-3,5-6,14-15,23H,4,7-13H2,1H3,(H,20,24). The number of amides is 2. The number of benzene rings is 1. The SMILES string of the molecule is CN(C(=O)Nc1ccccc1N1CC2CCC1C2)C1(CO)CCC1. The summed E-state index contributed by atoms with van der Waals surface area (Å²) in [4.78, 5) is 16.9. The lowest BCUT2D eigenvalue weighted by Crippen LogP contribution is -2.57. The molecule has 4 rings (SSSR count). The number of hydrogen-bond acceptors (Lipinski definition) is 3. The molecular formula is C19H27N3O2. The molecule has 1 aliphatic heterocycles. The Labute approximate surface area is 143 Å². The van der Waals surface area contributed by atoms with Crippen LogP contribution in [-0.2, 0) is 0 Å². The second-order valence-electron chi connectivity index (χ2n) is 7.73. The van der Waals surface area contributed by atoms with Gasteiger partial charge in [-0.05, 0) is 56.6 Å². The molecule has 0 spiro atoms. The zero-order valence-electron chi connectivity index (χ0n) is 14.4. The number of aliphatic hydroxyl groups is 1. The van der Waals surface area contributed by atoms with Crippen molar-refractivity contribution in [2.75, 3.05) is 30.4 Å². The summed E-state index contributed by atoms with van der Waals surface area (Å²) in [5.74, 6) is 0.814. The van der Waals surface area contributed by atoms with Crippen molar-refractivity contribution in [2.24, 2.45) is 5.92 Å². The molecule has 1 aromatic carbocycles. The second kappa shape index (κ2) is 5.96. The van der Waals surface area contributed by atoms with Crippen molar-refractivity contribution in [2.45, 2.75) is 50.1 Å². The number of aliphatic hydroxyl groups excluding tert-OH is 1. The fourth-order valence-corrected chi connectivity index (χ4v) is 4.65. The first-order valence-electron chi connectivity index (χ1n) is 9.14. The number of carbonyl (C=O) groups is 1. The van der Waals surface area contributed by atoms with Gasteiger partial charge in [-0.3, -0.25) is 0 Å². The van der Waals surface area contributed by atoms with E-state index in [1.807, 2.05) is 18.2 Å². The molecule has 2 atom stereocenters. The molecule has 3 fully saturated rings. The van der Waals surface area contributed by atoms with Gasteiger partial charge in [-0.2, -0.15) is 0 Å². The molecule has 1 aromatic rings. The maximum atomic E-state index is 12.7. The van der Waals surface area contributed by atoms with E-state index >= 15 is 0 Å². The summed E-state index contributed by atoms with van der Waals surface area (Å²) in [7, 11) is 1.80. The summed E-state index contributed by atoms with van der Waals surface area (Å²) >= 11 is 0. The number of nitrogens with zero attached hydrogens (tertiary/aromatic N) is 2. The largest absolute Gasteiger partial charge is 0.394 e. The van der Waals surface area contributed by atoms with Gasteiger partial charge in [0.15, 0.2) is 0 Å². The maximum Gasteiger partial charge on any atom is 0.322 e. The van der Waals surface area contributed by atoms with Crippen LogP contribution < -0.4 is 10.2 Å². The van der Waals surface area contributed by atoms with Gasteiger partial charge in [0.25, 0.3) is 0 Å². The number of urea groups is 1. The first kappa shape index (κ1) is 15.8.